The minimum absolute atomic E-state index is 0.100. The Morgan fingerprint density at radius 3 is 2.43 bits per heavy atom. The highest BCUT2D eigenvalue weighted by Gasteiger charge is 2.17. The summed E-state index contributed by atoms with van der Waals surface area (Å²) in [4.78, 5) is 34.6. The summed E-state index contributed by atoms with van der Waals surface area (Å²) in [6.45, 7) is 0.955. The number of urea groups is 1. The molecule has 21 heavy (non-hydrogen) atoms. The van der Waals surface area contributed by atoms with Crippen molar-refractivity contribution in [1.82, 2.24) is 10.6 Å². The Kier molecular flexibility index (Phi) is 6.12. The molecule has 0 spiro atoms. The van der Waals surface area contributed by atoms with E-state index in [-0.39, 0.29) is 12.2 Å². The summed E-state index contributed by atoms with van der Waals surface area (Å²) in [7, 11) is 0. The minimum Gasteiger partial charge on any atom is -0.480 e. The lowest BCUT2D eigenvalue weighted by atomic mass is 10.3. The van der Waals surface area contributed by atoms with Crippen molar-refractivity contribution in [2.45, 2.75) is 6.92 Å². The number of carbonyl (C=O) groups is 3. The highest BCUT2D eigenvalue weighted by atomic mass is 19.1. The molecule has 8 heteroatoms. The molecule has 0 aromatic heterocycles. The normalized spacial score (nSPS) is 9.81. The highest BCUT2D eigenvalue weighted by Crippen LogP contribution is 2.18. The van der Waals surface area contributed by atoms with E-state index in [2.05, 4.69) is 10.6 Å². The van der Waals surface area contributed by atoms with Crippen LogP contribution in [0.3, 0.4) is 0 Å². The van der Waals surface area contributed by atoms with Gasteiger partial charge in [0.2, 0.25) is 5.91 Å². The Morgan fingerprint density at radius 1 is 1.19 bits per heavy atom. The molecule has 114 valence electrons. The number of halogens is 1. The Balaban J connectivity index is 2.59. The second-order valence-corrected chi connectivity index (χ2v) is 4.02. The molecule has 7 nitrogen and oxygen atoms in total. The van der Waals surface area contributed by atoms with Gasteiger partial charge in [-0.05, 0) is 19.1 Å². The molecule has 0 aliphatic heterocycles. The van der Waals surface area contributed by atoms with E-state index in [4.69, 9.17) is 5.11 Å². The first kappa shape index (κ1) is 16.4. The van der Waals surface area contributed by atoms with Gasteiger partial charge in [-0.25, -0.2) is 9.18 Å². The standard InChI is InChI=1S/C13H16FN3O4/c1-2-17(10-6-4-3-5-9(10)14)13(21)16-7-11(18)15-8-12(19)20/h3-6H,2,7-8H2,1H3,(H,15,18)(H,16,21)(H,19,20). The van der Waals surface area contributed by atoms with Crippen LogP contribution >= 0.6 is 0 Å². The van der Waals surface area contributed by atoms with E-state index in [1.54, 1.807) is 13.0 Å². The van der Waals surface area contributed by atoms with Crippen LogP contribution in [0, 0.1) is 5.82 Å². The van der Waals surface area contributed by atoms with Crippen molar-refractivity contribution in [3.63, 3.8) is 0 Å². The Bertz CT molecular complexity index is 536. The fourth-order valence-electron chi connectivity index (χ4n) is 1.58. The number of carboxylic acids is 1. The number of hydrogen-bond donors (Lipinski definition) is 3. The number of rotatable bonds is 6. The minimum atomic E-state index is -1.18. The van der Waals surface area contributed by atoms with Crippen LogP contribution in [0.15, 0.2) is 24.3 Å². The fraction of sp³-hybridized carbons (Fsp3) is 0.308. The monoisotopic (exact) mass is 297 g/mol. The molecule has 1 aromatic rings. The van der Waals surface area contributed by atoms with Gasteiger partial charge in [0, 0.05) is 6.54 Å². The lowest BCUT2D eigenvalue weighted by Gasteiger charge is -2.21. The van der Waals surface area contributed by atoms with E-state index in [0.717, 1.165) is 4.90 Å². The Labute approximate surface area is 120 Å². The largest absolute Gasteiger partial charge is 0.480 e. The number of carbonyl (C=O) groups excluding carboxylic acids is 2. The SMILES string of the molecule is CCN(C(=O)NCC(=O)NCC(=O)O)c1ccccc1F. The molecular formula is C13H16FN3O4. The molecule has 0 bridgehead atoms. The predicted molar refractivity (Wildman–Crippen MR) is 73.5 cm³/mol. The second kappa shape index (κ2) is 7.83. The first-order chi connectivity index (χ1) is 9.95. The lowest BCUT2D eigenvalue weighted by molar-refractivity contribution is -0.137. The van der Waals surface area contributed by atoms with E-state index in [1.165, 1.54) is 18.2 Å². The van der Waals surface area contributed by atoms with Gasteiger partial charge in [0.05, 0.1) is 12.2 Å². The first-order valence-corrected chi connectivity index (χ1v) is 6.24. The maximum absolute atomic E-state index is 13.6. The molecule has 0 saturated heterocycles. The van der Waals surface area contributed by atoms with Gasteiger partial charge in [-0.2, -0.15) is 0 Å². The maximum Gasteiger partial charge on any atom is 0.322 e. The zero-order valence-corrected chi connectivity index (χ0v) is 11.4. The molecule has 0 saturated carbocycles. The number of para-hydroxylation sites is 1. The van der Waals surface area contributed by atoms with E-state index < -0.39 is 36.8 Å². The number of aliphatic carboxylic acids is 1. The summed E-state index contributed by atoms with van der Waals surface area (Å²) >= 11 is 0. The van der Waals surface area contributed by atoms with Crippen molar-refractivity contribution >= 4 is 23.6 Å². The van der Waals surface area contributed by atoms with Gasteiger partial charge in [-0.1, -0.05) is 12.1 Å². The zero-order chi connectivity index (χ0) is 15.8. The molecule has 0 aliphatic carbocycles. The molecule has 0 unspecified atom stereocenters. The third-order valence-electron chi connectivity index (χ3n) is 2.54. The van der Waals surface area contributed by atoms with Crippen LogP contribution in [0.5, 0.6) is 0 Å². The second-order valence-electron chi connectivity index (χ2n) is 4.02. The summed E-state index contributed by atoms with van der Waals surface area (Å²) < 4.78 is 13.6. The summed E-state index contributed by atoms with van der Waals surface area (Å²) in [6, 6.07) is 5.12. The number of anilines is 1. The van der Waals surface area contributed by atoms with Crippen LogP contribution in [-0.2, 0) is 9.59 Å². The van der Waals surface area contributed by atoms with Gasteiger partial charge in [0.1, 0.15) is 12.4 Å². The molecule has 1 rings (SSSR count). The van der Waals surface area contributed by atoms with Crippen molar-refractivity contribution in [1.29, 1.82) is 0 Å². The van der Waals surface area contributed by atoms with Crippen molar-refractivity contribution in [3.05, 3.63) is 30.1 Å². The third-order valence-corrected chi connectivity index (χ3v) is 2.54. The summed E-state index contributed by atoms with van der Waals surface area (Å²) in [5, 5.41) is 12.8. The number of carboxylic acid groups (broad SMARTS) is 1. The number of hydrogen-bond acceptors (Lipinski definition) is 3. The van der Waals surface area contributed by atoms with E-state index in [0.29, 0.717) is 0 Å². The van der Waals surface area contributed by atoms with Crippen molar-refractivity contribution in [2.75, 3.05) is 24.5 Å². The highest BCUT2D eigenvalue weighted by molar-refractivity contribution is 5.94. The molecule has 0 fully saturated rings. The van der Waals surface area contributed by atoms with E-state index >= 15 is 0 Å². The molecule has 3 amide bonds. The Morgan fingerprint density at radius 2 is 1.86 bits per heavy atom. The fourth-order valence-corrected chi connectivity index (χ4v) is 1.58. The van der Waals surface area contributed by atoms with Crippen LogP contribution in [0.4, 0.5) is 14.9 Å². The van der Waals surface area contributed by atoms with Crippen molar-refractivity contribution < 1.29 is 23.9 Å². The lowest BCUT2D eigenvalue weighted by Crippen LogP contribution is -2.45. The van der Waals surface area contributed by atoms with Crippen LogP contribution in [-0.4, -0.2) is 42.6 Å². The van der Waals surface area contributed by atoms with Crippen LogP contribution in [0.1, 0.15) is 6.92 Å². The molecule has 0 aliphatic rings. The van der Waals surface area contributed by atoms with Crippen molar-refractivity contribution in [2.24, 2.45) is 0 Å². The first-order valence-electron chi connectivity index (χ1n) is 6.24. The van der Waals surface area contributed by atoms with Crippen LogP contribution < -0.4 is 15.5 Å². The molecule has 1 aromatic carbocycles. The van der Waals surface area contributed by atoms with Gasteiger partial charge >= 0.3 is 12.0 Å². The summed E-state index contributed by atoms with van der Waals surface area (Å²) in [6.07, 6.45) is 0. The number of benzene rings is 1. The van der Waals surface area contributed by atoms with Crippen molar-refractivity contribution in [3.8, 4) is 0 Å². The summed E-state index contributed by atoms with van der Waals surface area (Å²) in [5.41, 5.74) is 0.100. The van der Waals surface area contributed by atoms with Gasteiger partial charge in [-0.3, -0.25) is 14.5 Å². The average Bonchev–Trinajstić information content (AvgIpc) is 2.45. The van der Waals surface area contributed by atoms with Gasteiger partial charge in [0.15, 0.2) is 0 Å². The van der Waals surface area contributed by atoms with Crippen LogP contribution in [0.2, 0.25) is 0 Å². The van der Waals surface area contributed by atoms with Gasteiger partial charge in [-0.15, -0.1) is 0 Å². The topological polar surface area (TPSA) is 98.7 Å². The van der Waals surface area contributed by atoms with Gasteiger partial charge in [0.25, 0.3) is 0 Å². The quantitative estimate of drug-likeness (QED) is 0.714. The molecule has 0 atom stereocenters. The number of amides is 3. The molecule has 3 N–H and O–H groups in total. The number of nitrogens with one attached hydrogen (secondary N) is 2. The third kappa shape index (κ3) is 5.09. The Hall–Kier alpha value is -2.64. The number of nitrogens with zero attached hydrogens (tertiary/aromatic N) is 1. The predicted octanol–water partition coefficient (Wildman–Crippen LogP) is 0.562. The van der Waals surface area contributed by atoms with E-state index in [9.17, 15) is 18.8 Å². The molecular weight excluding hydrogens is 281 g/mol. The van der Waals surface area contributed by atoms with E-state index in [1.807, 2.05) is 0 Å². The maximum atomic E-state index is 13.6. The zero-order valence-electron chi connectivity index (χ0n) is 11.4. The molecule has 0 heterocycles. The molecule has 0 radical (unpaired) electrons. The smallest absolute Gasteiger partial charge is 0.322 e. The average molecular weight is 297 g/mol. The van der Waals surface area contributed by atoms with Crippen LogP contribution in [0.25, 0.3) is 0 Å². The summed E-state index contributed by atoms with van der Waals surface area (Å²) in [5.74, 6) is -2.38. The van der Waals surface area contributed by atoms with Gasteiger partial charge < -0.3 is 15.7 Å².